The highest BCUT2D eigenvalue weighted by Gasteiger charge is 2.31. The maximum absolute atomic E-state index is 13.6. The van der Waals surface area contributed by atoms with Crippen molar-refractivity contribution in [2.75, 3.05) is 0 Å². The first kappa shape index (κ1) is 34.7. The molecule has 0 spiro atoms. The second-order valence-corrected chi connectivity index (χ2v) is 11.6. The number of aliphatic hydroxyl groups excluding tert-OH is 1. The second kappa shape index (κ2) is 18.1. The number of carbonyl (C=O) groups is 3. The summed E-state index contributed by atoms with van der Waals surface area (Å²) in [6.45, 7) is 3.60. The third kappa shape index (κ3) is 11.9. The number of alkyl carbamates (subject to hydrolysis) is 2. The minimum Gasteiger partial charge on any atom is -0.472 e. The number of hydrogen-bond acceptors (Lipinski definition) is 8. The molecule has 0 fully saturated rings. The Morgan fingerprint density at radius 2 is 1.40 bits per heavy atom. The molecule has 47 heavy (non-hydrogen) atoms. The van der Waals surface area contributed by atoms with Crippen LogP contribution in [0.2, 0.25) is 0 Å². The van der Waals surface area contributed by atoms with Crippen molar-refractivity contribution in [3.63, 3.8) is 0 Å². The van der Waals surface area contributed by atoms with Crippen LogP contribution in [0.15, 0.2) is 108 Å². The maximum Gasteiger partial charge on any atom is 0.408 e. The van der Waals surface area contributed by atoms with Crippen molar-refractivity contribution < 1.29 is 33.4 Å². The molecule has 0 aliphatic carbocycles. The van der Waals surface area contributed by atoms with Crippen molar-refractivity contribution in [2.45, 2.75) is 70.6 Å². The zero-order chi connectivity index (χ0) is 33.4. The third-order valence-corrected chi connectivity index (χ3v) is 7.51. The Kier molecular flexibility index (Phi) is 13.4. The number of pyridine rings is 1. The van der Waals surface area contributed by atoms with Gasteiger partial charge in [-0.1, -0.05) is 80.6 Å². The van der Waals surface area contributed by atoms with Gasteiger partial charge in [0, 0.05) is 17.8 Å². The number of carbonyl (C=O) groups excluding carboxylic acids is 3. The molecule has 4 rings (SSSR count). The number of nitrogens with one attached hydrogen (secondary N) is 3. The number of aliphatic hydroxyl groups is 1. The molecule has 4 N–H and O–H groups in total. The van der Waals surface area contributed by atoms with Gasteiger partial charge in [-0.2, -0.15) is 0 Å². The lowest BCUT2D eigenvalue weighted by molar-refractivity contribution is -0.125. The number of benzene rings is 2. The molecule has 4 aromatic rings. The maximum atomic E-state index is 13.6. The Hall–Kier alpha value is -5.16. The average Bonchev–Trinajstić information content (AvgIpc) is 3.60. The lowest BCUT2D eigenvalue weighted by atomic mass is 9.93. The molecule has 0 radical (unpaired) electrons. The van der Waals surface area contributed by atoms with Crippen LogP contribution in [0.1, 0.15) is 42.7 Å². The molecule has 2 heterocycles. The van der Waals surface area contributed by atoms with Crippen molar-refractivity contribution in [1.29, 1.82) is 0 Å². The fraction of sp³-hybridized carbons (Fsp3) is 0.333. The predicted molar refractivity (Wildman–Crippen MR) is 175 cm³/mol. The summed E-state index contributed by atoms with van der Waals surface area (Å²) < 4.78 is 15.7. The van der Waals surface area contributed by atoms with Gasteiger partial charge in [0.05, 0.1) is 30.4 Å². The quantitative estimate of drug-likeness (QED) is 0.134. The van der Waals surface area contributed by atoms with Crippen LogP contribution >= 0.6 is 0 Å². The van der Waals surface area contributed by atoms with E-state index in [1.54, 1.807) is 44.3 Å². The first-order valence-corrected chi connectivity index (χ1v) is 15.6. The van der Waals surface area contributed by atoms with E-state index in [-0.39, 0.29) is 25.6 Å². The summed E-state index contributed by atoms with van der Waals surface area (Å²) in [5.41, 5.74) is 3.13. The molecule has 0 unspecified atom stereocenters. The molecular formula is C36H42N4O7. The number of rotatable bonds is 16. The fourth-order valence-corrected chi connectivity index (χ4v) is 5.03. The number of nitrogens with zero attached hydrogens (tertiary/aromatic N) is 1. The van der Waals surface area contributed by atoms with Crippen molar-refractivity contribution in [2.24, 2.45) is 5.92 Å². The van der Waals surface area contributed by atoms with E-state index < -0.39 is 42.3 Å². The number of ether oxygens (including phenoxy) is 2. The number of hydrogen-bond donors (Lipinski definition) is 4. The Balaban J connectivity index is 1.45. The highest BCUT2D eigenvalue weighted by molar-refractivity contribution is 5.86. The topological polar surface area (TPSA) is 152 Å². The van der Waals surface area contributed by atoms with Crippen LogP contribution in [-0.4, -0.2) is 52.4 Å². The van der Waals surface area contributed by atoms with Crippen LogP contribution in [0.4, 0.5) is 9.59 Å². The van der Waals surface area contributed by atoms with Gasteiger partial charge in [0.25, 0.3) is 0 Å². The van der Waals surface area contributed by atoms with E-state index in [0.29, 0.717) is 24.1 Å². The molecule has 2 aromatic carbocycles. The molecule has 0 aliphatic rings. The van der Waals surface area contributed by atoms with Crippen molar-refractivity contribution in [3.05, 3.63) is 126 Å². The molecule has 11 nitrogen and oxygen atoms in total. The molecule has 3 amide bonds. The summed E-state index contributed by atoms with van der Waals surface area (Å²) >= 11 is 0. The first-order valence-electron chi connectivity index (χ1n) is 15.6. The van der Waals surface area contributed by atoms with Crippen molar-refractivity contribution in [3.8, 4) is 0 Å². The van der Waals surface area contributed by atoms with E-state index in [1.807, 2.05) is 60.7 Å². The molecule has 0 saturated heterocycles. The average molecular weight is 643 g/mol. The normalized spacial score (nSPS) is 13.5. The lowest BCUT2D eigenvalue weighted by Crippen LogP contribution is -2.56. The summed E-state index contributed by atoms with van der Waals surface area (Å²) in [6, 6.07) is 23.8. The Labute approximate surface area is 274 Å². The van der Waals surface area contributed by atoms with Crippen molar-refractivity contribution >= 4 is 18.1 Å². The van der Waals surface area contributed by atoms with E-state index >= 15 is 0 Å². The number of furan rings is 1. The van der Waals surface area contributed by atoms with E-state index in [1.165, 1.54) is 12.5 Å². The molecule has 0 saturated carbocycles. The molecule has 11 heteroatoms. The minimum atomic E-state index is -1.08. The van der Waals surface area contributed by atoms with Crippen LogP contribution in [0.25, 0.3) is 0 Å². The Morgan fingerprint density at radius 1 is 0.766 bits per heavy atom. The minimum absolute atomic E-state index is 0.0313. The summed E-state index contributed by atoms with van der Waals surface area (Å²) in [6.07, 6.45) is 2.95. The van der Waals surface area contributed by atoms with E-state index in [0.717, 1.165) is 11.1 Å². The van der Waals surface area contributed by atoms with Gasteiger partial charge >= 0.3 is 12.2 Å². The van der Waals surface area contributed by atoms with Crippen LogP contribution in [0.5, 0.6) is 0 Å². The second-order valence-electron chi connectivity index (χ2n) is 11.6. The van der Waals surface area contributed by atoms with Gasteiger partial charge in [0.2, 0.25) is 5.91 Å². The van der Waals surface area contributed by atoms with E-state index in [9.17, 15) is 19.5 Å². The van der Waals surface area contributed by atoms with Crippen LogP contribution in [-0.2, 0) is 40.3 Å². The van der Waals surface area contributed by atoms with Gasteiger partial charge in [-0.05, 0) is 54.5 Å². The van der Waals surface area contributed by atoms with Gasteiger partial charge in [-0.25, -0.2) is 9.59 Å². The van der Waals surface area contributed by atoms with Gasteiger partial charge in [-0.15, -0.1) is 0 Å². The summed E-state index contributed by atoms with van der Waals surface area (Å²) in [5, 5.41) is 20.1. The van der Waals surface area contributed by atoms with Crippen molar-refractivity contribution in [1.82, 2.24) is 20.9 Å². The number of amides is 3. The summed E-state index contributed by atoms with van der Waals surface area (Å²) in [4.78, 5) is 43.2. The van der Waals surface area contributed by atoms with E-state index in [2.05, 4.69) is 20.9 Å². The molecule has 0 bridgehead atoms. The fourth-order valence-electron chi connectivity index (χ4n) is 5.03. The highest BCUT2D eigenvalue weighted by Crippen LogP contribution is 2.16. The lowest BCUT2D eigenvalue weighted by Gasteiger charge is -2.30. The van der Waals surface area contributed by atoms with E-state index in [4.69, 9.17) is 13.9 Å². The molecular weight excluding hydrogens is 600 g/mol. The van der Waals surface area contributed by atoms with Gasteiger partial charge in [-0.3, -0.25) is 9.78 Å². The SMILES string of the molecule is CC(C)[C@H](NC(=O)OCc1ccccn1)C(=O)N[C@@H](Cc1ccccc1)[C@@H](O)C[C@H](Cc1ccccc1)NC(=O)OCc1ccoc1. The van der Waals surface area contributed by atoms with Crippen LogP contribution in [0.3, 0.4) is 0 Å². The standard InChI is InChI=1S/C36H42N4O7/c1-25(2)33(40-36(44)47-24-29-15-9-10-17-37-29)34(42)39-31(20-27-13-7-4-8-14-27)32(41)21-30(19-26-11-5-3-6-12-26)38-35(43)46-23-28-16-18-45-22-28/h3-18,22,25,30-33,41H,19-21,23-24H2,1-2H3,(H,38,43)(H,39,42)(H,40,44)/t30-,31-,32-,33-/m0/s1. The predicted octanol–water partition coefficient (Wildman–Crippen LogP) is 4.94. The first-order chi connectivity index (χ1) is 22.8. The molecule has 248 valence electrons. The Morgan fingerprint density at radius 3 is 2.02 bits per heavy atom. The third-order valence-electron chi connectivity index (χ3n) is 7.51. The van der Waals surface area contributed by atoms with Gasteiger partial charge in [0.1, 0.15) is 19.3 Å². The van der Waals surface area contributed by atoms with Crippen LogP contribution < -0.4 is 16.0 Å². The Bertz CT molecular complexity index is 1500. The largest absolute Gasteiger partial charge is 0.472 e. The van der Waals surface area contributed by atoms with Gasteiger partial charge in [0.15, 0.2) is 0 Å². The zero-order valence-corrected chi connectivity index (χ0v) is 26.6. The monoisotopic (exact) mass is 642 g/mol. The summed E-state index contributed by atoms with van der Waals surface area (Å²) in [7, 11) is 0. The van der Waals surface area contributed by atoms with Crippen LogP contribution in [0, 0.1) is 5.92 Å². The zero-order valence-electron chi connectivity index (χ0n) is 26.6. The number of aromatic nitrogens is 1. The highest BCUT2D eigenvalue weighted by atomic mass is 16.6. The molecule has 4 atom stereocenters. The molecule has 0 aliphatic heterocycles. The van der Waals surface area contributed by atoms with Gasteiger partial charge < -0.3 is 34.9 Å². The smallest absolute Gasteiger partial charge is 0.408 e. The summed E-state index contributed by atoms with van der Waals surface area (Å²) in [5.74, 6) is -0.758. The molecule has 2 aromatic heterocycles.